The lowest BCUT2D eigenvalue weighted by atomic mass is 9.81. The van der Waals surface area contributed by atoms with Crippen LogP contribution in [0.4, 0.5) is 52.7 Å². The molecule has 1 aliphatic carbocycles. The molecule has 0 saturated heterocycles. The second-order valence-electron chi connectivity index (χ2n) is 7.08. The molecule has 1 fully saturated rings. The van der Waals surface area contributed by atoms with Gasteiger partial charge in [0.15, 0.2) is 6.61 Å². The van der Waals surface area contributed by atoms with Gasteiger partial charge in [0.05, 0.1) is 5.92 Å². The molecule has 0 aromatic heterocycles. The second-order valence-corrected chi connectivity index (χ2v) is 7.08. The maximum atomic E-state index is 13.6. The molecule has 0 amide bonds. The maximum Gasteiger partial charge on any atom is 0.384 e. The van der Waals surface area contributed by atoms with Gasteiger partial charge in [0.25, 0.3) is 0 Å². The van der Waals surface area contributed by atoms with Crippen LogP contribution < -0.4 is 0 Å². The van der Waals surface area contributed by atoms with Gasteiger partial charge in [-0.15, -0.1) is 0 Å². The molecular formula is C16H18F12O2. The monoisotopic (exact) mass is 470 g/mol. The number of hydrogen-bond acceptors (Lipinski definition) is 2. The van der Waals surface area contributed by atoms with E-state index in [1.807, 2.05) is 6.92 Å². The average Bonchev–Trinajstić information content (AvgIpc) is 2.65. The van der Waals surface area contributed by atoms with E-state index < -0.39 is 54.5 Å². The van der Waals surface area contributed by atoms with Crippen molar-refractivity contribution in [2.24, 2.45) is 11.8 Å². The third kappa shape index (κ3) is 4.46. The summed E-state index contributed by atoms with van der Waals surface area (Å²) in [6.07, 6.45) is -3.63. The fourth-order valence-corrected chi connectivity index (χ4v) is 2.95. The van der Waals surface area contributed by atoms with E-state index in [9.17, 15) is 57.5 Å². The van der Waals surface area contributed by atoms with E-state index in [2.05, 4.69) is 4.74 Å². The first-order valence-corrected chi connectivity index (χ1v) is 8.70. The summed E-state index contributed by atoms with van der Waals surface area (Å²) in [6.45, 7) is -0.988. The van der Waals surface area contributed by atoms with Gasteiger partial charge < -0.3 is 4.74 Å². The van der Waals surface area contributed by atoms with Crippen molar-refractivity contribution in [1.29, 1.82) is 0 Å². The Hall–Kier alpha value is -1.37. The molecule has 1 rings (SSSR count). The highest BCUT2D eigenvalue weighted by Gasteiger charge is 2.87. The van der Waals surface area contributed by atoms with E-state index in [1.54, 1.807) is 0 Å². The molecular weight excluding hydrogens is 452 g/mol. The maximum absolute atomic E-state index is 13.6. The minimum atomic E-state index is -7.62. The van der Waals surface area contributed by atoms with E-state index in [-0.39, 0.29) is 18.8 Å². The summed E-state index contributed by atoms with van der Waals surface area (Å²) in [5.74, 6) is -38.0. The molecule has 0 N–H and O–H groups in total. The third-order valence-electron chi connectivity index (χ3n) is 5.09. The Kier molecular flexibility index (Phi) is 7.68. The summed E-state index contributed by atoms with van der Waals surface area (Å²) in [6, 6.07) is 0. The van der Waals surface area contributed by atoms with Gasteiger partial charge >= 0.3 is 42.0 Å². The van der Waals surface area contributed by atoms with Crippen molar-refractivity contribution in [3.05, 3.63) is 0 Å². The number of carbonyl (C=O) groups excluding carboxylic acids is 1. The van der Waals surface area contributed by atoms with Crippen molar-refractivity contribution < 1.29 is 62.2 Å². The van der Waals surface area contributed by atoms with E-state index in [0.29, 0.717) is 12.8 Å². The number of ether oxygens (including phenoxy) is 1. The van der Waals surface area contributed by atoms with E-state index >= 15 is 0 Å². The standard InChI is InChI=1S/C16H18F12O2/c1-2-8-3-5-9(6-4-8)10(29)30-7-12(19,20)14(23,24)16(27,28)15(25,26)13(21,22)11(17)18/h8-9,11H,2-7H2,1H3. The van der Waals surface area contributed by atoms with Gasteiger partial charge in [-0.05, 0) is 31.6 Å². The van der Waals surface area contributed by atoms with Crippen LogP contribution in [0, 0.1) is 11.8 Å². The van der Waals surface area contributed by atoms with Crippen molar-refractivity contribution in [2.75, 3.05) is 6.61 Å². The zero-order chi connectivity index (χ0) is 23.8. The van der Waals surface area contributed by atoms with Crippen LogP contribution in [-0.4, -0.2) is 48.6 Å². The Bertz CT molecular complexity index is 597. The van der Waals surface area contributed by atoms with Crippen LogP contribution in [0.2, 0.25) is 0 Å². The van der Waals surface area contributed by atoms with Gasteiger partial charge in [-0.1, -0.05) is 13.3 Å². The minimum absolute atomic E-state index is 0.119. The van der Waals surface area contributed by atoms with Gasteiger partial charge in [0, 0.05) is 0 Å². The third-order valence-corrected chi connectivity index (χ3v) is 5.09. The Morgan fingerprint density at radius 1 is 0.833 bits per heavy atom. The summed E-state index contributed by atoms with van der Waals surface area (Å²) in [4.78, 5) is 11.7. The van der Waals surface area contributed by atoms with E-state index in [1.165, 1.54) is 0 Å². The Labute approximate surface area is 162 Å². The summed E-state index contributed by atoms with van der Waals surface area (Å²) in [5.41, 5.74) is 0. The lowest BCUT2D eigenvalue weighted by Crippen LogP contribution is -2.69. The Morgan fingerprint density at radius 2 is 1.30 bits per heavy atom. The minimum Gasteiger partial charge on any atom is -0.459 e. The molecule has 0 bridgehead atoms. The van der Waals surface area contributed by atoms with Crippen LogP contribution in [0.5, 0.6) is 0 Å². The molecule has 0 heterocycles. The molecule has 0 aromatic carbocycles. The summed E-state index contributed by atoms with van der Waals surface area (Å²) < 4.78 is 160. The molecule has 0 aliphatic heterocycles. The molecule has 0 atom stereocenters. The van der Waals surface area contributed by atoms with Crippen molar-refractivity contribution in [3.63, 3.8) is 0 Å². The van der Waals surface area contributed by atoms with Gasteiger partial charge in [-0.2, -0.15) is 43.9 Å². The predicted octanol–water partition coefficient (Wildman–Crippen LogP) is 6.19. The number of alkyl halides is 12. The number of esters is 1. The molecule has 0 radical (unpaired) electrons. The number of carbonyl (C=O) groups is 1. The summed E-state index contributed by atoms with van der Waals surface area (Å²) in [7, 11) is 0. The molecule has 1 aliphatic rings. The van der Waals surface area contributed by atoms with Gasteiger partial charge in [-0.25, -0.2) is 8.78 Å². The smallest absolute Gasteiger partial charge is 0.384 e. The lowest BCUT2D eigenvalue weighted by Gasteiger charge is -2.39. The van der Waals surface area contributed by atoms with Crippen LogP contribution in [0.15, 0.2) is 0 Å². The van der Waals surface area contributed by atoms with Crippen LogP contribution in [-0.2, 0) is 9.53 Å². The predicted molar refractivity (Wildman–Crippen MR) is 77.4 cm³/mol. The molecule has 2 nitrogen and oxygen atoms in total. The molecule has 178 valence electrons. The van der Waals surface area contributed by atoms with Crippen LogP contribution in [0.3, 0.4) is 0 Å². The molecule has 0 unspecified atom stereocenters. The van der Waals surface area contributed by atoms with Gasteiger partial charge in [-0.3, -0.25) is 4.79 Å². The SMILES string of the molecule is CCC1CCC(C(=O)OCC(F)(F)C(F)(F)C(F)(F)C(F)(F)C(F)(F)C(F)F)CC1. The highest BCUT2D eigenvalue weighted by atomic mass is 19.4. The highest BCUT2D eigenvalue weighted by Crippen LogP contribution is 2.58. The fourth-order valence-electron chi connectivity index (χ4n) is 2.95. The zero-order valence-corrected chi connectivity index (χ0v) is 15.3. The van der Waals surface area contributed by atoms with Crippen molar-refractivity contribution >= 4 is 5.97 Å². The van der Waals surface area contributed by atoms with Crippen molar-refractivity contribution in [2.45, 2.75) is 75.1 Å². The topological polar surface area (TPSA) is 26.3 Å². The largest absolute Gasteiger partial charge is 0.459 e. The molecule has 1 saturated carbocycles. The molecule has 0 aromatic rings. The van der Waals surface area contributed by atoms with Crippen LogP contribution in [0.1, 0.15) is 39.0 Å². The second kappa shape index (κ2) is 8.64. The Morgan fingerprint density at radius 3 is 1.70 bits per heavy atom. The number of halogens is 12. The zero-order valence-electron chi connectivity index (χ0n) is 15.3. The fraction of sp³-hybridized carbons (Fsp3) is 0.938. The molecule has 14 heteroatoms. The summed E-state index contributed by atoms with van der Waals surface area (Å²) in [5, 5.41) is 0. The summed E-state index contributed by atoms with van der Waals surface area (Å²) >= 11 is 0. The number of rotatable bonds is 9. The van der Waals surface area contributed by atoms with Crippen LogP contribution >= 0.6 is 0 Å². The van der Waals surface area contributed by atoms with Gasteiger partial charge in [0.1, 0.15) is 0 Å². The van der Waals surface area contributed by atoms with E-state index in [0.717, 1.165) is 6.42 Å². The van der Waals surface area contributed by atoms with E-state index in [4.69, 9.17) is 0 Å². The first kappa shape index (κ1) is 26.7. The first-order chi connectivity index (χ1) is 13.4. The lowest BCUT2D eigenvalue weighted by molar-refractivity contribution is -0.414. The first-order valence-electron chi connectivity index (χ1n) is 8.70. The Balaban J connectivity index is 2.97. The average molecular weight is 470 g/mol. The van der Waals surface area contributed by atoms with Crippen molar-refractivity contribution in [3.8, 4) is 0 Å². The molecule has 0 spiro atoms. The normalized spacial score (nSPS) is 22.3. The quantitative estimate of drug-likeness (QED) is 0.297. The van der Waals surface area contributed by atoms with Crippen molar-refractivity contribution in [1.82, 2.24) is 0 Å². The highest BCUT2D eigenvalue weighted by molar-refractivity contribution is 5.72. The van der Waals surface area contributed by atoms with Crippen LogP contribution in [0.25, 0.3) is 0 Å². The van der Waals surface area contributed by atoms with Gasteiger partial charge in [0.2, 0.25) is 0 Å². The molecule has 30 heavy (non-hydrogen) atoms. The number of hydrogen-bond donors (Lipinski definition) is 0.